The van der Waals surface area contributed by atoms with E-state index in [0.29, 0.717) is 6.10 Å². The van der Waals surface area contributed by atoms with Crippen LogP contribution in [-0.2, 0) is 4.74 Å². The normalized spacial score (nSPS) is 35.8. The lowest BCUT2D eigenvalue weighted by atomic mass is 9.74. The molecule has 0 aromatic heterocycles. The van der Waals surface area contributed by atoms with E-state index < -0.39 is 0 Å². The molecule has 0 bridgehead atoms. The second-order valence-corrected chi connectivity index (χ2v) is 5.67. The van der Waals surface area contributed by atoms with Crippen molar-refractivity contribution < 1.29 is 4.74 Å². The van der Waals surface area contributed by atoms with Crippen LogP contribution in [0.25, 0.3) is 0 Å². The van der Waals surface area contributed by atoms with Gasteiger partial charge in [-0.05, 0) is 51.0 Å². The summed E-state index contributed by atoms with van der Waals surface area (Å²) in [7, 11) is 0. The van der Waals surface area contributed by atoms with E-state index in [9.17, 15) is 0 Å². The average Bonchev–Trinajstić information content (AvgIpc) is 3.04. The van der Waals surface area contributed by atoms with Gasteiger partial charge in [-0.2, -0.15) is 0 Å². The van der Waals surface area contributed by atoms with E-state index >= 15 is 0 Å². The number of hydrogen-bond acceptors (Lipinski definition) is 3. The van der Waals surface area contributed by atoms with Gasteiger partial charge in [0.05, 0.1) is 6.10 Å². The Hall–Kier alpha value is -0.120. The third kappa shape index (κ3) is 2.76. The number of hydrogen-bond donors (Lipinski definition) is 2. The second-order valence-electron chi connectivity index (χ2n) is 5.67. The summed E-state index contributed by atoms with van der Waals surface area (Å²) in [6, 6.07) is 0. The molecule has 1 unspecified atom stereocenters. The minimum Gasteiger partial charge on any atom is -0.378 e. The molecule has 0 radical (unpaired) electrons. The van der Waals surface area contributed by atoms with Crippen LogP contribution in [0.4, 0.5) is 0 Å². The maximum Gasteiger partial charge on any atom is 0.0611 e. The van der Waals surface area contributed by atoms with Crippen LogP contribution in [0.3, 0.4) is 0 Å². The molecule has 3 N–H and O–H groups in total. The molecule has 1 atom stereocenters. The van der Waals surface area contributed by atoms with Crippen molar-refractivity contribution in [2.75, 3.05) is 19.7 Å². The first-order valence-electron chi connectivity index (χ1n) is 6.76. The lowest BCUT2D eigenvalue weighted by Gasteiger charge is -2.48. The van der Waals surface area contributed by atoms with Crippen LogP contribution in [0, 0.1) is 11.8 Å². The summed E-state index contributed by atoms with van der Waals surface area (Å²) in [5, 5.41) is 3.69. The predicted octanol–water partition coefficient (Wildman–Crippen LogP) is 1.52. The molecule has 3 nitrogen and oxygen atoms in total. The fraction of sp³-hybridized carbons (Fsp3) is 1.00. The van der Waals surface area contributed by atoms with Crippen LogP contribution in [0.15, 0.2) is 0 Å². The Balaban J connectivity index is 1.69. The molecule has 0 spiro atoms. The van der Waals surface area contributed by atoms with Crippen molar-refractivity contribution in [3.63, 3.8) is 0 Å². The van der Waals surface area contributed by atoms with Gasteiger partial charge in [0.2, 0.25) is 0 Å². The SMILES string of the molecule is CCOC1CC(CN)(NCC(C)C2CC2)C1. The minimum atomic E-state index is 0.184. The summed E-state index contributed by atoms with van der Waals surface area (Å²) in [6.07, 6.45) is 5.49. The molecule has 94 valence electrons. The average molecular weight is 226 g/mol. The van der Waals surface area contributed by atoms with Gasteiger partial charge >= 0.3 is 0 Å². The largest absolute Gasteiger partial charge is 0.378 e. The second kappa shape index (κ2) is 5.03. The maximum atomic E-state index is 5.89. The van der Waals surface area contributed by atoms with Crippen LogP contribution >= 0.6 is 0 Å². The van der Waals surface area contributed by atoms with Crippen LogP contribution in [0.1, 0.15) is 39.5 Å². The smallest absolute Gasteiger partial charge is 0.0611 e. The molecule has 2 aliphatic carbocycles. The van der Waals surface area contributed by atoms with Gasteiger partial charge in [-0.15, -0.1) is 0 Å². The highest BCUT2D eigenvalue weighted by Crippen LogP contribution is 2.38. The number of rotatable bonds is 7. The predicted molar refractivity (Wildman–Crippen MR) is 66.3 cm³/mol. The first kappa shape index (κ1) is 12.3. The molecular weight excluding hydrogens is 200 g/mol. The monoisotopic (exact) mass is 226 g/mol. The maximum absolute atomic E-state index is 5.89. The van der Waals surface area contributed by atoms with E-state index in [1.807, 2.05) is 0 Å². The van der Waals surface area contributed by atoms with Gasteiger partial charge in [-0.3, -0.25) is 0 Å². The van der Waals surface area contributed by atoms with Gasteiger partial charge in [0.15, 0.2) is 0 Å². The van der Waals surface area contributed by atoms with E-state index in [-0.39, 0.29) is 5.54 Å². The van der Waals surface area contributed by atoms with Gasteiger partial charge in [0.25, 0.3) is 0 Å². The highest BCUT2D eigenvalue weighted by Gasteiger charge is 2.44. The Morgan fingerprint density at radius 3 is 2.62 bits per heavy atom. The Morgan fingerprint density at radius 1 is 1.44 bits per heavy atom. The summed E-state index contributed by atoms with van der Waals surface area (Å²) >= 11 is 0. The van der Waals surface area contributed by atoms with Crippen molar-refractivity contribution in [2.24, 2.45) is 17.6 Å². The quantitative estimate of drug-likeness (QED) is 0.692. The summed E-state index contributed by atoms with van der Waals surface area (Å²) in [5.74, 6) is 1.79. The van der Waals surface area contributed by atoms with Crippen LogP contribution in [0.5, 0.6) is 0 Å². The molecule has 2 saturated carbocycles. The Morgan fingerprint density at radius 2 is 2.12 bits per heavy atom. The molecule has 0 amide bonds. The standard InChI is InChI=1S/C13H26N2O/c1-3-16-12-6-13(7-12,9-14)15-8-10(2)11-4-5-11/h10-12,15H,3-9,14H2,1-2H3. The lowest BCUT2D eigenvalue weighted by molar-refractivity contribution is -0.0486. The zero-order valence-electron chi connectivity index (χ0n) is 10.7. The van der Waals surface area contributed by atoms with Crippen molar-refractivity contribution in [3.8, 4) is 0 Å². The van der Waals surface area contributed by atoms with E-state index in [1.54, 1.807) is 0 Å². The van der Waals surface area contributed by atoms with Crippen LogP contribution < -0.4 is 11.1 Å². The van der Waals surface area contributed by atoms with E-state index in [0.717, 1.165) is 44.4 Å². The number of ether oxygens (including phenoxy) is 1. The highest BCUT2D eigenvalue weighted by atomic mass is 16.5. The molecule has 2 fully saturated rings. The molecule has 0 aliphatic heterocycles. The van der Waals surface area contributed by atoms with Gasteiger partial charge in [0, 0.05) is 18.7 Å². The third-order valence-electron chi connectivity index (χ3n) is 4.26. The van der Waals surface area contributed by atoms with Crippen molar-refractivity contribution >= 4 is 0 Å². The Bertz CT molecular complexity index is 222. The molecule has 0 aromatic rings. The number of nitrogens with one attached hydrogen (secondary N) is 1. The summed E-state index contributed by atoms with van der Waals surface area (Å²) < 4.78 is 5.61. The van der Waals surface area contributed by atoms with E-state index in [2.05, 4.69) is 19.2 Å². The molecule has 0 saturated heterocycles. The van der Waals surface area contributed by atoms with Crippen molar-refractivity contribution in [1.82, 2.24) is 5.32 Å². The molecular formula is C13H26N2O. The first-order valence-corrected chi connectivity index (χ1v) is 6.76. The van der Waals surface area contributed by atoms with Crippen molar-refractivity contribution in [2.45, 2.75) is 51.2 Å². The van der Waals surface area contributed by atoms with Crippen LogP contribution in [0.2, 0.25) is 0 Å². The number of nitrogens with two attached hydrogens (primary N) is 1. The molecule has 3 heteroatoms. The molecule has 2 rings (SSSR count). The van der Waals surface area contributed by atoms with Crippen molar-refractivity contribution in [3.05, 3.63) is 0 Å². The highest BCUT2D eigenvalue weighted by molar-refractivity contribution is 5.03. The summed E-state index contributed by atoms with van der Waals surface area (Å²) in [5.41, 5.74) is 6.07. The molecule has 0 aromatic carbocycles. The van der Waals surface area contributed by atoms with Crippen molar-refractivity contribution in [1.29, 1.82) is 0 Å². The topological polar surface area (TPSA) is 47.3 Å². The zero-order chi connectivity index (χ0) is 11.6. The minimum absolute atomic E-state index is 0.184. The first-order chi connectivity index (χ1) is 7.69. The lowest BCUT2D eigenvalue weighted by Crippen LogP contribution is -2.63. The summed E-state index contributed by atoms with van der Waals surface area (Å²) in [4.78, 5) is 0. The van der Waals surface area contributed by atoms with E-state index in [4.69, 9.17) is 10.5 Å². The van der Waals surface area contributed by atoms with Gasteiger partial charge in [-0.1, -0.05) is 6.92 Å². The van der Waals surface area contributed by atoms with Gasteiger partial charge < -0.3 is 15.8 Å². The fourth-order valence-corrected chi connectivity index (χ4v) is 2.76. The molecule has 0 heterocycles. The molecule has 16 heavy (non-hydrogen) atoms. The van der Waals surface area contributed by atoms with E-state index in [1.165, 1.54) is 12.8 Å². The molecule has 2 aliphatic rings. The summed E-state index contributed by atoms with van der Waals surface area (Å²) in [6.45, 7) is 7.11. The van der Waals surface area contributed by atoms with Gasteiger partial charge in [0.1, 0.15) is 0 Å². The van der Waals surface area contributed by atoms with Crippen LogP contribution in [-0.4, -0.2) is 31.3 Å². The fourth-order valence-electron chi connectivity index (χ4n) is 2.76. The zero-order valence-corrected chi connectivity index (χ0v) is 10.7. The Kier molecular flexibility index (Phi) is 3.88. The Labute approximate surface area is 99.1 Å². The third-order valence-corrected chi connectivity index (χ3v) is 4.26. The van der Waals surface area contributed by atoms with Gasteiger partial charge in [-0.25, -0.2) is 0 Å².